The molecule has 22 heavy (non-hydrogen) atoms. The maximum Gasteiger partial charge on any atom is 0.251 e. The Labute approximate surface area is 129 Å². The van der Waals surface area contributed by atoms with Gasteiger partial charge in [0.15, 0.2) is 0 Å². The summed E-state index contributed by atoms with van der Waals surface area (Å²) in [6.07, 6.45) is 3.34. The van der Waals surface area contributed by atoms with E-state index in [0.29, 0.717) is 13.2 Å². The average Bonchev–Trinajstić information content (AvgIpc) is 2.68. The standard InChI is InChI=1S/C14H19FN2O4S/c1-22(19,20)17-13-9-10(4-5-12(13)15)14(18)16-11-3-2-7-21-8-6-11/h4-5,9,11,17H,2-3,6-8H2,1H3,(H,16,18). The van der Waals surface area contributed by atoms with E-state index in [-0.39, 0.29) is 23.2 Å². The third-order valence-electron chi connectivity index (χ3n) is 3.31. The van der Waals surface area contributed by atoms with Crippen LogP contribution in [0, 0.1) is 5.82 Å². The van der Waals surface area contributed by atoms with E-state index in [1.165, 1.54) is 12.1 Å². The van der Waals surface area contributed by atoms with Crippen molar-refractivity contribution in [3.8, 4) is 0 Å². The molecule has 1 saturated heterocycles. The number of halogens is 1. The molecule has 1 heterocycles. The monoisotopic (exact) mass is 330 g/mol. The number of anilines is 1. The van der Waals surface area contributed by atoms with Crippen molar-refractivity contribution in [2.75, 3.05) is 24.2 Å². The molecule has 2 rings (SSSR count). The number of carbonyl (C=O) groups excluding carboxylic acids is 1. The molecule has 6 nitrogen and oxygen atoms in total. The van der Waals surface area contributed by atoms with Gasteiger partial charge in [0.05, 0.1) is 11.9 Å². The van der Waals surface area contributed by atoms with Gasteiger partial charge in [0.25, 0.3) is 5.91 Å². The number of rotatable bonds is 4. The summed E-state index contributed by atoms with van der Waals surface area (Å²) >= 11 is 0. The molecule has 8 heteroatoms. The first-order valence-electron chi connectivity index (χ1n) is 7.01. The fraction of sp³-hybridized carbons (Fsp3) is 0.500. The van der Waals surface area contributed by atoms with Gasteiger partial charge in [-0.05, 0) is 37.5 Å². The Kier molecular flexibility index (Phi) is 5.36. The zero-order valence-electron chi connectivity index (χ0n) is 12.3. The molecule has 122 valence electrons. The number of benzene rings is 1. The third kappa shape index (κ3) is 4.96. The molecule has 2 N–H and O–H groups in total. The van der Waals surface area contributed by atoms with Crippen molar-refractivity contribution in [2.24, 2.45) is 0 Å². The smallest absolute Gasteiger partial charge is 0.251 e. The summed E-state index contributed by atoms with van der Waals surface area (Å²) in [6.45, 7) is 1.28. The Morgan fingerprint density at radius 2 is 2.09 bits per heavy atom. The van der Waals surface area contributed by atoms with Crippen molar-refractivity contribution in [3.63, 3.8) is 0 Å². The summed E-state index contributed by atoms with van der Waals surface area (Å²) in [5, 5.41) is 2.87. The van der Waals surface area contributed by atoms with Gasteiger partial charge in [-0.3, -0.25) is 9.52 Å². The highest BCUT2D eigenvalue weighted by atomic mass is 32.2. The van der Waals surface area contributed by atoms with Gasteiger partial charge >= 0.3 is 0 Å². The zero-order valence-corrected chi connectivity index (χ0v) is 13.1. The molecule has 0 saturated carbocycles. The second-order valence-corrected chi connectivity index (χ2v) is 7.03. The highest BCUT2D eigenvalue weighted by molar-refractivity contribution is 7.92. The summed E-state index contributed by atoms with van der Waals surface area (Å²) in [6, 6.07) is 3.59. The van der Waals surface area contributed by atoms with Crippen LogP contribution in [0.3, 0.4) is 0 Å². The van der Waals surface area contributed by atoms with Crippen LogP contribution in [0.1, 0.15) is 29.6 Å². The Balaban J connectivity index is 2.10. The molecular weight excluding hydrogens is 311 g/mol. The number of ether oxygens (including phenoxy) is 1. The summed E-state index contributed by atoms with van der Waals surface area (Å²) < 4.78 is 43.4. The molecule has 0 radical (unpaired) electrons. The first-order valence-corrected chi connectivity index (χ1v) is 8.90. The molecule has 1 amide bonds. The lowest BCUT2D eigenvalue weighted by Crippen LogP contribution is -2.35. The van der Waals surface area contributed by atoms with Crippen LogP contribution in [0.25, 0.3) is 0 Å². The van der Waals surface area contributed by atoms with Crippen LogP contribution < -0.4 is 10.0 Å². The largest absolute Gasteiger partial charge is 0.381 e. The van der Waals surface area contributed by atoms with E-state index < -0.39 is 15.8 Å². The van der Waals surface area contributed by atoms with Crippen LogP contribution in [-0.2, 0) is 14.8 Å². The van der Waals surface area contributed by atoms with Gasteiger partial charge in [0.2, 0.25) is 10.0 Å². The summed E-state index contributed by atoms with van der Waals surface area (Å²) in [5.74, 6) is -1.09. The van der Waals surface area contributed by atoms with Crippen molar-refractivity contribution >= 4 is 21.6 Å². The van der Waals surface area contributed by atoms with Gasteiger partial charge in [-0.1, -0.05) is 0 Å². The van der Waals surface area contributed by atoms with Gasteiger partial charge in [-0.25, -0.2) is 12.8 Å². The second kappa shape index (κ2) is 7.06. The third-order valence-corrected chi connectivity index (χ3v) is 3.90. The minimum absolute atomic E-state index is 0.00590. The van der Waals surface area contributed by atoms with Gasteiger partial charge in [0.1, 0.15) is 5.82 Å². The van der Waals surface area contributed by atoms with E-state index in [2.05, 4.69) is 10.0 Å². The number of carbonyl (C=O) groups is 1. The highest BCUT2D eigenvalue weighted by Crippen LogP contribution is 2.18. The Morgan fingerprint density at radius 3 is 2.82 bits per heavy atom. The molecule has 0 aliphatic carbocycles. The average molecular weight is 330 g/mol. The van der Waals surface area contributed by atoms with Crippen molar-refractivity contribution in [3.05, 3.63) is 29.6 Å². The number of amides is 1. The van der Waals surface area contributed by atoms with Gasteiger partial charge in [-0.2, -0.15) is 0 Å². The van der Waals surface area contributed by atoms with E-state index in [0.717, 1.165) is 31.6 Å². The molecule has 1 atom stereocenters. The van der Waals surface area contributed by atoms with E-state index in [9.17, 15) is 17.6 Å². The van der Waals surface area contributed by atoms with Crippen LogP contribution in [0.15, 0.2) is 18.2 Å². The molecule has 0 spiro atoms. The van der Waals surface area contributed by atoms with Gasteiger partial charge in [0, 0.05) is 24.8 Å². The fourth-order valence-electron chi connectivity index (χ4n) is 2.26. The SMILES string of the molecule is CS(=O)(=O)Nc1cc(C(=O)NC2CCCOCC2)ccc1F. The van der Waals surface area contributed by atoms with Gasteiger partial charge < -0.3 is 10.1 Å². The van der Waals surface area contributed by atoms with Crippen molar-refractivity contribution in [1.29, 1.82) is 0 Å². The van der Waals surface area contributed by atoms with Crippen LogP contribution in [0.2, 0.25) is 0 Å². The molecule has 0 aromatic heterocycles. The van der Waals surface area contributed by atoms with Crippen molar-refractivity contribution in [1.82, 2.24) is 5.32 Å². The number of hydrogen-bond acceptors (Lipinski definition) is 4. The molecule has 0 bridgehead atoms. The number of sulfonamides is 1. The first-order chi connectivity index (χ1) is 10.3. The summed E-state index contributed by atoms with van der Waals surface area (Å²) in [5.41, 5.74) is -0.0305. The maximum atomic E-state index is 13.6. The Morgan fingerprint density at radius 1 is 1.32 bits per heavy atom. The number of nitrogens with one attached hydrogen (secondary N) is 2. The predicted molar refractivity (Wildman–Crippen MR) is 80.8 cm³/mol. The molecule has 1 aliphatic rings. The lowest BCUT2D eigenvalue weighted by atomic mass is 10.1. The van der Waals surface area contributed by atoms with E-state index >= 15 is 0 Å². The van der Waals surface area contributed by atoms with Crippen LogP contribution >= 0.6 is 0 Å². The molecule has 1 fully saturated rings. The van der Waals surface area contributed by atoms with Crippen LogP contribution in [0.5, 0.6) is 0 Å². The lowest BCUT2D eigenvalue weighted by Gasteiger charge is -2.16. The van der Waals surface area contributed by atoms with Crippen LogP contribution in [0.4, 0.5) is 10.1 Å². The zero-order chi connectivity index (χ0) is 16.2. The molecule has 1 aromatic carbocycles. The van der Waals surface area contributed by atoms with E-state index in [1.54, 1.807) is 0 Å². The minimum atomic E-state index is -3.61. The lowest BCUT2D eigenvalue weighted by molar-refractivity contribution is 0.0929. The fourth-order valence-corrected chi connectivity index (χ4v) is 2.82. The van der Waals surface area contributed by atoms with E-state index in [4.69, 9.17) is 4.74 Å². The van der Waals surface area contributed by atoms with Crippen molar-refractivity contribution in [2.45, 2.75) is 25.3 Å². The first kappa shape index (κ1) is 16.7. The summed E-state index contributed by atoms with van der Waals surface area (Å²) in [7, 11) is -3.61. The minimum Gasteiger partial charge on any atom is -0.381 e. The Bertz CT molecular complexity index is 640. The van der Waals surface area contributed by atoms with Gasteiger partial charge in [-0.15, -0.1) is 0 Å². The molecule has 1 unspecified atom stereocenters. The van der Waals surface area contributed by atoms with E-state index in [1.807, 2.05) is 0 Å². The van der Waals surface area contributed by atoms with Crippen LogP contribution in [-0.4, -0.2) is 39.8 Å². The summed E-state index contributed by atoms with van der Waals surface area (Å²) in [4.78, 5) is 12.2. The quantitative estimate of drug-likeness (QED) is 0.876. The van der Waals surface area contributed by atoms with Crippen molar-refractivity contribution < 1.29 is 22.3 Å². The topological polar surface area (TPSA) is 84.5 Å². The second-order valence-electron chi connectivity index (χ2n) is 5.28. The maximum absolute atomic E-state index is 13.6. The Hall–Kier alpha value is -1.67. The number of hydrogen-bond donors (Lipinski definition) is 2. The molecule has 1 aliphatic heterocycles. The normalized spacial score (nSPS) is 19.3. The highest BCUT2D eigenvalue weighted by Gasteiger charge is 2.17. The molecular formula is C14H19FN2O4S. The molecule has 1 aromatic rings. The predicted octanol–water partition coefficient (Wildman–Crippen LogP) is 1.50.